The van der Waals surface area contributed by atoms with Crippen LogP contribution < -0.4 is 10.1 Å². The summed E-state index contributed by atoms with van der Waals surface area (Å²) in [5.74, 6) is 1.18. The average Bonchev–Trinajstić information content (AvgIpc) is 2.91. The molecule has 2 rings (SSSR count). The number of carboxylic acid groups (broad SMARTS) is 1. The number of carboxylic acids is 1. The second kappa shape index (κ2) is 7.66. The first-order chi connectivity index (χ1) is 10.5. The molecule has 118 valence electrons. The number of furan rings is 1. The largest absolute Gasteiger partial charge is 0.480 e. The molecule has 0 unspecified atom stereocenters. The van der Waals surface area contributed by atoms with Gasteiger partial charge in [-0.2, -0.15) is 0 Å². The maximum Gasteiger partial charge on any atom is 0.320 e. The minimum absolute atomic E-state index is 0.308. The highest BCUT2D eigenvalue weighted by Crippen LogP contribution is 2.23. The van der Waals surface area contributed by atoms with Gasteiger partial charge in [0.25, 0.3) is 5.95 Å². The Morgan fingerprint density at radius 2 is 1.95 bits per heavy atom. The predicted molar refractivity (Wildman–Crippen MR) is 82.9 cm³/mol. The summed E-state index contributed by atoms with van der Waals surface area (Å²) in [4.78, 5) is 11.2. The van der Waals surface area contributed by atoms with E-state index in [4.69, 9.17) is 9.15 Å². The van der Waals surface area contributed by atoms with Gasteiger partial charge in [-0.15, -0.1) is 0 Å². The molecule has 2 N–H and O–H groups in total. The minimum atomic E-state index is -0.846. The van der Waals surface area contributed by atoms with Crippen LogP contribution in [0, 0.1) is 5.92 Å². The van der Waals surface area contributed by atoms with Gasteiger partial charge in [0.05, 0.1) is 6.54 Å². The van der Waals surface area contributed by atoms with Crippen molar-refractivity contribution < 1.29 is 19.1 Å². The molecule has 0 amide bonds. The normalized spacial score (nSPS) is 12.3. The lowest BCUT2D eigenvalue weighted by Gasteiger charge is -2.15. The third-order valence-electron chi connectivity index (χ3n) is 3.13. The van der Waals surface area contributed by atoms with Crippen molar-refractivity contribution >= 4 is 5.97 Å². The Bertz CT molecular complexity index is 592. The van der Waals surface area contributed by atoms with Crippen LogP contribution in [-0.4, -0.2) is 17.1 Å². The standard InChI is InChI=1S/C17H21NO4/c1-12(2)10-15(17(19)20)18-11-14-8-9-16(22-14)21-13-6-4-3-5-7-13/h3-9,12,15,18H,10-11H2,1-2H3,(H,19,20)/t15-/m0/s1. The van der Waals surface area contributed by atoms with Crippen molar-refractivity contribution in [2.45, 2.75) is 32.9 Å². The average molecular weight is 303 g/mol. The molecule has 0 bridgehead atoms. The van der Waals surface area contributed by atoms with Crippen molar-refractivity contribution in [3.05, 3.63) is 48.2 Å². The molecular formula is C17H21NO4. The summed E-state index contributed by atoms with van der Waals surface area (Å²) in [6, 6.07) is 12.3. The van der Waals surface area contributed by atoms with Crippen LogP contribution >= 0.6 is 0 Å². The smallest absolute Gasteiger partial charge is 0.320 e. The Labute approximate surface area is 129 Å². The van der Waals surface area contributed by atoms with Crippen LogP contribution in [0.4, 0.5) is 0 Å². The number of nitrogens with one attached hydrogen (secondary N) is 1. The van der Waals surface area contributed by atoms with E-state index in [2.05, 4.69) is 5.32 Å². The quantitative estimate of drug-likeness (QED) is 0.778. The molecule has 0 fully saturated rings. The van der Waals surface area contributed by atoms with E-state index in [9.17, 15) is 9.90 Å². The molecule has 0 aliphatic heterocycles. The molecule has 1 atom stereocenters. The van der Waals surface area contributed by atoms with Crippen molar-refractivity contribution in [2.24, 2.45) is 5.92 Å². The number of benzene rings is 1. The lowest BCUT2D eigenvalue weighted by Crippen LogP contribution is -2.37. The summed E-state index contributed by atoms with van der Waals surface area (Å²) in [7, 11) is 0. The van der Waals surface area contributed by atoms with Crippen molar-refractivity contribution in [1.29, 1.82) is 0 Å². The van der Waals surface area contributed by atoms with E-state index in [-0.39, 0.29) is 0 Å². The number of para-hydroxylation sites is 1. The molecule has 0 radical (unpaired) electrons. The van der Waals surface area contributed by atoms with Gasteiger partial charge in [-0.25, -0.2) is 0 Å². The van der Waals surface area contributed by atoms with Crippen LogP contribution in [-0.2, 0) is 11.3 Å². The van der Waals surface area contributed by atoms with Gasteiger partial charge in [0.15, 0.2) is 0 Å². The molecule has 5 nitrogen and oxygen atoms in total. The van der Waals surface area contributed by atoms with Gasteiger partial charge in [0, 0.05) is 6.07 Å². The molecule has 1 aromatic carbocycles. The number of hydrogen-bond donors (Lipinski definition) is 2. The Morgan fingerprint density at radius 1 is 1.23 bits per heavy atom. The highest BCUT2D eigenvalue weighted by atomic mass is 16.6. The molecule has 1 heterocycles. The monoisotopic (exact) mass is 303 g/mol. The van der Waals surface area contributed by atoms with Gasteiger partial charge in [-0.1, -0.05) is 32.0 Å². The van der Waals surface area contributed by atoms with Crippen molar-refractivity contribution in [1.82, 2.24) is 5.32 Å². The van der Waals surface area contributed by atoms with E-state index in [1.165, 1.54) is 0 Å². The summed E-state index contributed by atoms with van der Waals surface area (Å²) in [6.07, 6.45) is 0.573. The van der Waals surface area contributed by atoms with Gasteiger partial charge in [-0.3, -0.25) is 10.1 Å². The predicted octanol–water partition coefficient (Wildman–Crippen LogP) is 3.66. The second-order valence-electron chi connectivity index (χ2n) is 5.54. The van der Waals surface area contributed by atoms with Crippen LogP contribution in [0.15, 0.2) is 46.9 Å². The fourth-order valence-electron chi connectivity index (χ4n) is 2.08. The SMILES string of the molecule is CC(C)C[C@H](NCc1ccc(Oc2ccccc2)o1)C(=O)O. The lowest BCUT2D eigenvalue weighted by molar-refractivity contribution is -0.140. The van der Waals surface area contributed by atoms with E-state index in [0.29, 0.717) is 36.3 Å². The number of aliphatic carboxylic acids is 1. The Kier molecular flexibility index (Phi) is 5.61. The maximum absolute atomic E-state index is 11.2. The minimum Gasteiger partial charge on any atom is -0.480 e. The van der Waals surface area contributed by atoms with Crippen molar-refractivity contribution in [3.63, 3.8) is 0 Å². The maximum atomic E-state index is 11.2. The van der Waals surface area contributed by atoms with E-state index in [1.54, 1.807) is 12.1 Å². The Hall–Kier alpha value is -2.27. The first-order valence-corrected chi connectivity index (χ1v) is 7.32. The van der Waals surface area contributed by atoms with Gasteiger partial charge >= 0.3 is 5.97 Å². The topological polar surface area (TPSA) is 71.7 Å². The van der Waals surface area contributed by atoms with Crippen LogP contribution in [0.3, 0.4) is 0 Å². The first-order valence-electron chi connectivity index (χ1n) is 7.32. The summed E-state index contributed by atoms with van der Waals surface area (Å²) < 4.78 is 11.1. The molecule has 0 spiro atoms. The fraction of sp³-hybridized carbons (Fsp3) is 0.353. The summed E-state index contributed by atoms with van der Waals surface area (Å²) in [5, 5.41) is 12.2. The molecule has 2 aromatic rings. The van der Waals surface area contributed by atoms with Gasteiger partial charge in [-0.05, 0) is 30.5 Å². The Balaban J connectivity index is 1.90. The lowest BCUT2D eigenvalue weighted by atomic mass is 10.0. The molecule has 0 saturated carbocycles. The summed E-state index contributed by atoms with van der Waals surface area (Å²) in [6.45, 7) is 4.34. The zero-order valence-corrected chi connectivity index (χ0v) is 12.8. The van der Waals surface area contributed by atoms with Crippen LogP contribution in [0.25, 0.3) is 0 Å². The number of hydrogen-bond acceptors (Lipinski definition) is 4. The molecule has 1 aromatic heterocycles. The van der Waals surface area contributed by atoms with E-state index >= 15 is 0 Å². The van der Waals surface area contributed by atoms with Crippen LogP contribution in [0.2, 0.25) is 0 Å². The number of carbonyl (C=O) groups is 1. The van der Waals surface area contributed by atoms with E-state index in [1.807, 2.05) is 44.2 Å². The first kappa shape index (κ1) is 16.1. The number of ether oxygens (including phenoxy) is 1. The van der Waals surface area contributed by atoms with Gasteiger partial charge in [0.1, 0.15) is 17.6 Å². The Morgan fingerprint density at radius 3 is 2.59 bits per heavy atom. The summed E-state index contributed by atoms with van der Waals surface area (Å²) >= 11 is 0. The fourth-order valence-corrected chi connectivity index (χ4v) is 2.08. The number of rotatable bonds is 8. The summed E-state index contributed by atoms with van der Waals surface area (Å²) in [5.41, 5.74) is 0. The van der Waals surface area contributed by atoms with Crippen LogP contribution in [0.5, 0.6) is 11.7 Å². The van der Waals surface area contributed by atoms with Crippen LogP contribution in [0.1, 0.15) is 26.0 Å². The zero-order chi connectivity index (χ0) is 15.9. The van der Waals surface area contributed by atoms with Crippen molar-refractivity contribution in [2.75, 3.05) is 0 Å². The molecule has 0 aliphatic rings. The molecule has 0 aliphatic carbocycles. The molecule has 22 heavy (non-hydrogen) atoms. The zero-order valence-electron chi connectivity index (χ0n) is 12.8. The molecule has 0 saturated heterocycles. The molecule has 5 heteroatoms. The van der Waals surface area contributed by atoms with Gasteiger partial charge in [0.2, 0.25) is 0 Å². The highest BCUT2D eigenvalue weighted by Gasteiger charge is 2.18. The van der Waals surface area contributed by atoms with E-state index < -0.39 is 12.0 Å². The van der Waals surface area contributed by atoms with Gasteiger partial charge < -0.3 is 14.3 Å². The highest BCUT2D eigenvalue weighted by molar-refractivity contribution is 5.73. The van der Waals surface area contributed by atoms with Crippen molar-refractivity contribution in [3.8, 4) is 11.7 Å². The third-order valence-corrected chi connectivity index (χ3v) is 3.13. The van der Waals surface area contributed by atoms with E-state index in [0.717, 1.165) is 0 Å². The molecular weight excluding hydrogens is 282 g/mol. The third kappa shape index (κ3) is 4.93. The second-order valence-corrected chi connectivity index (χ2v) is 5.54.